The number of aryl methyl sites for hydroxylation is 1. The van der Waals surface area contributed by atoms with Crippen LogP contribution in [0.15, 0.2) is 18.2 Å². The number of Topliss-reactive ketones (excluding diaryl/α,β-unsaturated/α-hetero) is 1. The Morgan fingerprint density at radius 2 is 1.93 bits per heavy atom. The number of carbonyl (C=O) groups excluding carboxylic acids is 3. The van der Waals surface area contributed by atoms with E-state index in [0.717, 1.165) is 46.3 Å². The predicted octanol–water partition coefficient (Wildman–Crippen LogP) is 3.31. The van der Waals surface area contributed by atoms with Crippen molar-refractivity contribution >= 4 is 28.6 Å². The molecule has 0 radical (unpaired) electrons. The minimum absolute atomic E-state index is 0.0844. The van der Waals surface area contributed by atoms with Gasteiger partial charge in [0, 0.05) is 59.3 Å². The molecule has 7 heteroatoms. The number of H-pyrrole nitrogens is 2. The molecule has 2 aromatic heterocycles. The monoisotopic (exact) mass is 405 g/mol. The van der Waals surface area contributed by atoms with Crippen LogP contribution >= 0.6 is 0 Å². The van der Waals surface area contributed by atoms with Crippen molar-refractivity contribution in [1.82, 2.24) is 14.9 Å². The molecular weight excluding hydrogens is 382 g/mol. The molecule has 30 heavy (non-hydrogen) atoms. The first-order valence-corrected chi connectivity index (χ1v) is 10.2. The SMILES string of the molecule is COC(=O)c1ccc2[nH]c3c(c2c1)CN(C(=O)c1[nH]c2c(c1C)C(=O)CCC2)CC3. The van der Waals surface area contributed by atoms with E-state index in [9.17, 15) is 14.4 Å². The van der Waals surface area contributed by atoms with Crippen molar-refractivity contribution in [2.24, 2.45) is 0 Å². The molecule has 2 N–H and O–H groups in total. The maximum Gasteiger partial charge on any atom is 0.337 e. The Hall–Kier alpha value is -3.35. The quantitative estimate of drug-likeness (QED) is 0.640. The van der Waals surface area contributed by atoms with Crippen LogP contribution in [0, 0.1) is 6.92 Å². The maximum absolute atomic E-state index is 13.3. The van der Waals surface area contributed by atoms with Gasteiger partial charge in [-0.3, -0.25) is 9.59 Å². The van der Waals surface area contributed by atoms with Gasteiger partial charge in [0.15, 0.2) is 5.78 Å². The number of carbonyl (C=O) groups is 3. The first kappa shape index (κ1) is 18.7. The summed E-state index contributed by atoms with van der Waals surface area (Å²) in [7, 11) is 1.36. The molecule has 1 aliphatic heterocycles. The molecule has 5 rings (SSSR count). The zero-order valence-electron chi connectivity index (χ0n) is 17.1. The summed E-state index contributed by atoms with van der Waals surface area (Å²) in [5.41, 5.74) is 6.43. The van der Waals surface area contributed by atoms with Crippen LogP contribution in [-0.4, -0.2) is 46.2 Å². The highest BCUT2D eigenvalue weighted by Gasteiger charge is 2.31. The number of amides is 1. The van der Waals surface area contributed by atoms with E-state index in [4.69, 9.17) is 4.74 Å². The molecular formula is C23H23N3O4. The van der Waals surface area contributed by atoms with E-state index < -0.39 is 0 Å². The zero-order chi connectivity index (χ0) is 21.0. The van der Waals surface area contributed by atoms with Crippen LogP contribution in [0.5, 0.6) is 0 Å². The summed E-state index contributed by atoms with van der Waals surface area (Å²) in [5, 5.41) is 0.933. The molecule has 1 aromatic carbocycles. The fraction of sp³-hybridized carbons (Fsp3) is 0.348. The van der Waals surface area contributed by atoms with Gasteiger partial charge in [0.25, 0.3) is 5.91 Å². The standard InChI is InChI=1S/C23H23N3O4/c1-12-20-18(4-3-5-19(20)27)25-21(12)22(28)26-9-8-17-15(11-26)14-10-13(23(29)30-2)6-7-16(14)24-17/h6-7,10,24-25H,3-5,8-9,11H2,1-2H3. The lowest BCUT2D eigenvalue weighted by atomic mass is 9.93. The highest BCUT2D eigenvalue weighted by Crippen LogP contribution is 2.31. The van der Waals surface area contributed by atoms with Crippen LogP contribution in [0.2, 0.25) is 0 Å². The van der Waals surface area contributed by atoms with Gasteiger partial charge in [-0.15, -0.1) is 0 Å². The van der Waals surface area contributed by atoms with Gasteiger partial charge in [0.05, 0.1) is 12.7 Å². The van der Waals surface area contributed by atoms with Crippen molar-refractivity contribution in [2.75, 3.05) is 13.7 Å². The molecule has 0 saturated heterocycles. The summed E-state index contributed by atoms with van der Waals surface area (Å²) in [6.07, 6.45) is 2.88. The Kier molecular flexibility index (Phi) is 4.27. The highest BCUT2D eigenvalue weighted by atomic mass is 16.5. The average Bonchev–Trinajstić information content (AvgIpc) is 3.30. The molecule has 0 unspecified atom stereocenters. The van der Waals surface area contributed by atoms with Gasteiger partial charge < -0.3 is 19.6 Å². The number of benzene rings is 1. The van der Waals surface area contributed by atoms with Crippen LogP contribution in [0.4, 0.5) is 0 Å². The second kappa shape index (κ2) is 6.86. The Labute approximate surface area is 173 Å². The van der Waals surface area contributed by atoms with Gasteiger partial charge in [-0.1, -0.05) is 0 Å². The minimum Gasteiger partial charge on any atom is -0.465 e. The third-order valence-corrected chi connectivity index (χ3v) is 6.33. The molecule has 1 aliphatic carbocycles. The predicted molar refractivity (Wildman–Crippen MR) is 111 cm³/mol. The number of esters is 1. The summed E-state index contributed by atoms with van der Waals surface area (Å²) >= 11 is 0. The third-order valence-electron chi connectivity index (χ3n) is 6.33. The number of aromatic nitrogens is 2. The molecule has 154 valence electrons. The fourth-order valence-electron chi connectivity index (χ4n) is 4.78. The van der Waals surface area contributed by atoms with Crippen LogP contribution in [0.1, 0.15) is 66.6 Å². The lowest BCUT2D eigenvalue weighted by Gasteiger charge is -2.27. The van der Waals surface area contributed by atoms with Crippen LogP contribution < -0.4 is 0 Å². The molecule has 0 spiro atoms. The van der Waals surface area contributed by atoms with Crippen molar-refractivity contribution in [3.8, 4) is 0 Å². The van der Waals surface area contributed by atoms with Crippen molar-refractivity contribution in [3.63, 3.8) is 0 Å². The minimum atomic E-state index is -0.382. The Balaban J connectivity index is 1.49. The number of ketones is 1. The van der Waals surface area contributed by atoms with E-state index in [2.05, 4.69) is 9.97 Å². The molecule has 0 fully saturated rings. The Morgan fingerprint density at radius 3 is 2.70 bits per heavy atom. The number of hydrogen-bond acceptors (Lipinski definition) is 4. The summed E-state index contributed by atoms with van der Waals surface area (Å²) in [4.78, 5) is 46.1. The van der Waals surface area contributed by atoms with Gasteiger partial charge in [0.1, 0.15) is 5.69 Å². The van der Waals surface area contributed by atoms with Crippen molar-refractivity contribution < 1.29 is 19.1 Å². The third kappa shape index (κ3) is 2.76. The topological polar surface area (TPSA) is 95.3 Å². The molecule has 3 heterocycles. The van der Waals surface area contributed by atoms with Crippen molar-refractivity contribution in [1.29, 1.82) is 0 Å². The maximum atomic E-state index is 13.3. The van der Waals surface area contributed by atoms with E-state index in [0.29, 0.717) is 42.8 Å². The van der Waals surface area contributed by atoms with Gasteiger partial charge in [0.2, 0.25) is 0 Å². The number of nitrogens with zero attached hydrogens (tertiary/aromatic N) is 1. The number of fused-ring (bicyclic) bond motifs is 4. The number of nitrogens with one attached hydrogen (secondary N) is 2. The number of rotatable bonds is 2. The number of ether oxygens (including phenoxy) is 1. The number of methoxy groups -OCH3 is 1. The second-order valence-corrected chi connectivity index (χ2v) is 8.07. The number of hydrogen-bond donors (Lipinski definition) is 2. The van der Waals surface area contributed by atoms with Gasteiger partial charge in [-0.05, 0) is 43.5 Å². The zero-order valence-corrected chi connectivity index (χ0v) is 17.1. The first-order chi connectivity index (χ1) is 14.5. The molecule has 3 aromatic rings. The van der Waals surface area contributed by atoms with Gasteiger partial charge in [-0.25, -0.2) is 4.79 Å². The molecule has 7 nitrogen and oxygen atoms in total. The largest absolute Gasteiger partial charge is 0.465 e. The molecule has 1 amide bonds. The van der Waals surface area contributed by atoms with Crippen molar-refractivity contribution in [3.05, 3.63) is 57.5 Å². The van der Waals surface area contributed by atoms with Crippen LogP contribution in [0.3, 0.4) is 0 Å². The summed E-state index contributed by atoms with van der Waals surface area (Å²) in [6, 6.07) is 5.44. The fourth-order valence-corrected chi connectivity index (χ4v) is 4.78. The second-order valence-electron chi connectivity index (χ2n) is 8.07. The van der Waals surface area contributed by atoms with Gasteiger partial charge >= 0.3 is 5.97 Å². The molecule has 0 atom stereocenters. The van der Waals surface area contributed by atoms with E-state index >= 15 is 0 Å². The first-order valence-electron chi connectivity index (χ1n) is 10.2. The van der Waals surface area contributed by atoms with Crippen LogP contribution in [0.25, 0.3) is 10.9 Å². The smallest absolute Gasteiger partial charge is 0.337 e. The van der Waals surface area contributed by atoms with E-state index in [1.54, 1.807) is 6.07 Å². The molecule has 2 aliphatic rings. The molecule has 0 saturated carbocycles. The summed E-state index contributed by atoms with van der Waals surface area (Å²) in [5.74, 6) is -0.344. The van der Waals surface area contributed by atoms with Crippen LogP contribution in [-0.2, 0) is 24.1 Å². The number of aromatic amines is 2. The highest BCUT2D eigenvalue weighted by molar-refractivity contribution is 6.04. The Morgan fingerprint density at radius 1 is 1.10 bits per heavy atom. The van der Waals surface area contributed by atoms with E-state index in [1.807, 2.05) is 24.0 Å². The van der Waals surface area contributed by atoms with E-state index in [-0.39, 0.29) is 17.7 Å². The summed E-state index contributed by atoms with van der Waals surface area (Å²) < 4.78 is 4.84. The normalized spacial score (nSPS) is 15.8. The van der Waals surface area contributed by atoms with Gasteiger partial charge in [-0.2, -0.15) is 0 Å². The molecule has 0 bridgehead atoms. The lowest BCUT2D eigenvalue weighted by Crippen LogP contribution is -2.36. The average molecular weight is 405 g/mol. The van der Waals surface area contributed by atoms with E-state index in [1.165, 1.54) is 7.11 Å². The summed E-state index contributed by atoms with van der Waals surface area (Å²) in [6.45, 7) is 2.91. The van der Waals surface area contributed by atoms with Crippen molar-refractivity contribution in [2.45, 2.75) is 39.2 Å². The lowest BCUT2D eigenvalue weighted by molar-refractivity contribution is 0.0600. The Bertz CT molecular complexity index is 1220.